The summed E-state index contributed by atoms with van der Waals surface area (Å²) < 4.78 is 0. The van der Waals surface area contributed by atoms with Crippen molar-refractivity contribution in [3.8, 4) is 0 Å². The summed E-state index contributed by atoms with van der Waals surface area (Å²) in [5, 5.41) is 12.4. The van der Waals surface area contributed by atoms with E-state index >= 15 is 0 Å². The lowest BCUT2D eigenvalue weighted by molar-refractivity contribution is -0.178. The molecule has 0 saturated carbocycles. The third-order valence-electron chi connectivity index (χ3n) is 2.58. The van der Waals surface area contributed by atoms with Gasteiger partial charge in [0.15, 0.2) is 0 Å². The molecule has 84 valence electrons. The lowest BCUT2D eigenvalue weighted by Crippen LogP contribution is -2.37. The molecule has 0 radical (unpaired) electrons. The molecule has 0 aromatic carbocycles. The van der Waals surface area contributed by atoms with Crippen molar-refractivity contribution in [1.29, 1.82) is 0 Å². The number of carbonyl (C=O) groups excluding carboxylic acids is 1. The highest BCUT2D eigenvalue weighted by molar-refractivity contribution is 7.09. The van der Waals surface area contributed by atoms with Crippen molar-refractivity contribution in [2.75, 3.05) is 0 Å². The highest BCUT2D eigenvalue weighted by atomic mass is 32.1. The molecule has 0 aliphatic heterocycles. The van der Waals surface area contributed by atoms with Gasteiger partial charge in [0, 0.05) is 10.3 Å². The molecule has 0 bridgehead atoms. The summed E-state index contributed by atoms with van der Waals surface area (Å²) in [5.74, 6) is -0.224. The Hall–Kier alpha value is -0.870. The summed E-state index contributed by atoms with van der Waals surface area (Å²) in [4.78, 5) is 12.8. The predicted octanol–water partition coefficient (Wildman–Crippen LogP) is 2.90. The van der Waals surface area contributed by atoms with Crippen LogP contribution in [-0.2, 0) is 11.3 Å². The maximum Gasteiger partial charge on any atom is 0.251 e. The number of thiophene rings is 1. The first-order valence-electron chi connectivity index (χ1n) is 5.00. The smallest absolute Gasteiger partial charge is 0.251 e. The molecule has 0 spiro atoms. The Kier molecular flexibility index (Phi) is 3.88. The molecular formula is C11H17NO2S. The van der Waals surface area contributed by atoms with Gasteiger partial charge in [-0.05, 0) is 17.9 Å². The van der Waals surface area contributed by atoms with Crippen LogP contribution in [0.25, 0.3) is 0 Å². The van der Waals surface area contributed by atoms with Crippen molar-refractivity contribution in [3.63, 3.8) is 0 Å². The molecule has 1 aromatic rings. The first-order valence-corrected chi connectivity index (χ1v) is 5.88. The van der Waals surface area contributed by atoms with Gasteiger partial charge < -0.3 is 0 Å². The van der Waals surface area contributed by atoms with Gasteiger partial charge in [-0.15, -0.1) is 11.3 Å². The van der Waals surface area contributed by atoms with E-state index in [-0.39, 0.29) is 12.5 Å². The molecule has 0 fully saturated rings. The second-order valence-electron chi connectivity index (χ2n) is 4.18. The molecule has 0 aliphatic rings. The van der Waals surface area contributed by atoms with E-state index in [2.05, 4.69) is 0 Å². The Bertz CT molecular complexity index is 319. The Morgan fingerprint density at radius 3 is 2.73 bits per heavy atom. The monoisotopic (exact) mass is 227 g/mol. The van der Waals surface area contributed by atoms with Crippen LogP contribution >= 0.6 is 11.3 Å². The normalized spacial score (nSPS) is 11.5. The fraction of sp³-hybridized carbons (Fsp3) is 0.545. The minimum absolute atomic E-state index is 0.224. The summed E-state index contributed by atoms with van der Waals surface area (Å²) in [6.45, 7) is 5.90. The van der Waals surface area contributed by atoms with Gasteiger partial charge in [0.25, 0.3) is 5.91 Å². The fourth-order valence-corrected chi connectivity index (χ4v) is 1.81. The van der Waals surface area contributed by atoms with E-state index < -0.39 is 5.41 Å². The lowest BCUT2D eigenvalue weighted by atomic mass is 9.89. The second-order valence-corrected chi connectivity index (χ2v) is 5.21. The largest absolute Gasteiger partial charge is 0.286 e. The molecule has 0 atom stereocenters. The minimum atomic E-state index is -0.494. The highest BCUT2D eigenvalue weighted by Crippen LogP contribution is 2.23. The average Bonchev–Trinajstić information content (AvgIpc) is 2.69. The zero-order chi connectivity index (χ0) is 11.5. The van der Waals surface area contributed by atoms with E-state index in [0.717, 1.165) is 9.94 Å². The van der Waals surface area contributed by atoms with Crippen LogP contribution < -0.4 is 0 Å². The Morgan fingerprint density at radius 1 is 1.60 bits per heavy atom. The Balaban J connectivity index is 2.61. The molecule has 0 aliphatic carbocycles. The van der Waals surface area contributed by atoms with Crippen LogP contribution in [0, 0.1) is 5.41 Å². The molecule has 0 unspecified atom stereocenters. The Labute approximate surface area is 94.3 Å². The van der Waals surface area contributed by atoms with Gasteiger partial charge in [-0.3, -0.25) is 10.0 Å². The Morgan fingerprint density at radius 2 is 2.27 bits per heavy atom. The van der Waals surface area contributed by atoms with E-state index in [4.69, 9.17) is 0 Å². The van der Waals surface area contributed by atoms with E-state index in [1.54, 1.807) is 0 Å². The topological polar surface area (TPSA) is 40.5 Å². The molecule has 0 saturated heterocycles. The van der Waals surface area contributed by atoms with Gasteiger partial charge >= 0.3 is 0 Å². The summed E-state index contributed by atoms with van der Waals surface area (Å²) >= 11 is 1.53. The molecule has 1 rings (SSSR count). The summed E-state index contributed by atoms with van der Waals surface area (Å²) in [5.41, 5.74) is -0.494. The fourth-order valence-electron chi connectivity index (χ4n) is 1.12. The summed E-state index contributed by atoms with van der Waals surface area (Å²) in [7, 11) is 0. The zero-order valence-electron chi connectivity index (χ0n) is 9.36. The number of hydrogen-bond donors (Lipinski definition) is 1. The van der Waals surface area contributed by atoms with Crippen LogP contribution in [0.15, 0.2) is 17.5 Å². The average molecular weight is 227 g/mol. The summed E-state index contributed by atoms with van der Waals surface area (Å²) in [6.07, 6.45) is 0.716. The van der Waals surface area contributed by atoms with E-state index in [1.807, 2.05) is 38.3 Å². The van der Waals surface area contributed by atoms with Crippen LogP contribution in [0.5, 0.6) is 0 Å². The minimum Gasteiger partial charge on any atom is -0.286 e. The van der Waals surface area contributed by atoms with Gasteiger partial charge in [0.2, 0.25) is 0 Å². The van der Waals surface area contributed by atoms with Crippen LogP contribution in [0.3, 0.4) is 0 Å². The van der Waals surface area contributed by atoms with Crippen LogP contribution in [0.4, 0.5) is 0 Å². The van der Waals surface area contributed by atoms with E-state index in [9.17, 15) is 10.0 Å². The predicted molar refractivity (Wildman–Crippen MR) is 60.7 cm³/mol. The SMILES string of the molecule is CCC(C)(C)C(=O)N(O)Cc1cccs1. The van der Waals surface area contributed by atoms with Crippen molar-refractivity contribution >= 4 is 17.2 Å². The standard InChI is InChI=1S/C11H17NO2S/c1-4-11(2,3)10(13)12(14)8-9-6-5-7-15-9/h5-7,14H,4,8H2,1-3H3. The maximum atomic E-state index is 11.8. The zero-order valence-corrected chi connectivity index (χ0v) is 10.2. The van der Waals surface area contributed by atoms with Gasteiger partial charge in [-0.2, -0.15) is 0 Å². The van der Waals surface area contributed by atoms with Crippen molar-refractivity contribution in [3.05, 3.63) is 22.4 Å². The quantitative estimate of drug-likeness (QED) is 0.634. The summed E-state index contributed by atoms with van der Waals surface area (Å²) in [6, 6.07) is 3.81. The molecule has 1 N–H and O–H groups in total. The molecule has 15 heavy (non-hydrogen) atoms. The molecule has 1 amide bonds. The van der Waals surface area contributed by atoms with Crippen LogP contribution in [0.2, 0.25) is 0 Å². The first-order chi connectivity index (χ1) is 6.97. The molecule has 1 aromatic heterocycles. The molecular weight excluding hydrogens is 210 g/mol. The molecule has 3 nitrogen and oxygen atoms in total. The first kappa shape index (κ1) is 12.2. The number of carbonyl (C=O) groups is 1. The number of hydrogen-bond acceptors (Lipinski definition) is 3. The van der Waals surface area contributed by atoms with Crippen molar-refractivity contribution in [1.82, 2.24) is 5.06 Å². The van der Waals surface area contributed by atoms with Crippen LogP contribution in [0.1, 0.15) is 32.1 Å². The van der Waals surface area contributed by atoms with Crippen molar-refractivity contribution in [2.45, 2.75) is 33.7 Å². The van der Waals surface area contributed by atoms with Crippen molar-refractivity contribution in [2.24, 2.45) is 5.41 Å². The number of hydroxylamine groups is 2. The van der Waals surface area contributed by atoms with Gasteiger partial charge in [0.05, 0.1) is 6.54 Å². The number of rotatable bonds is 4. The van der Waals surface area contributed by atoms with Gasteiger partial charge in [-0.25, -0.2) is 5.06 Å². The number of nitrogens with zero attached hydrogens (tertiary/aromatic N) is 1. The molecule has 4 heteroatoms. The third-order valence-corrected chi connectivity index (χ3v) is 3.44. The third kappa shape index (κ3) is 3.04. The van der Waals surface area contributed by atoms with E-state index in [1.165, 1.54) is 11.3 Å². The molecule has 1 heterocycles. The van der Waals surface area contributed by atoms with Crippen molar-refractivity contribution < 1.29 is 10.0 Å². The second kappa shape index (κ2) is 4.77. The van der Waals surface area contributed by atoms with E-state index in [0.29, 0.717) is 6.42 Å². The number of amides is 1. The highest BCUT2D eigenvalue weighted by Gasteiger charge is 2.29. The maximum absolute atomic E-state index is 11.8. The van der Waals surface area contributed by atoms with Gasteiger partial charge in [-0.1, -0.05) is 26.8 Å². The van der Waals surface area contributed by atoms with Crippen LogP contribution in [-0.4, -0.2) is 16.2 Å². The van der Waals surface area contributed by atoms with Gasteiger partial charge in [0.1, 0.15) is 0 Å². The lowest BCUT2D eigenvalue weighted by Gasteiger charge is -2.26.